The maximum atomic E-state index is 12.7. The number of nitrogens with zero attached hydrogens (tertiary/aromatic N) is 1. The second kappa shape index (κ2) is 5.72. The molecule has 3 N–H and O–H groups in total. The average Bonchev–Trinajstić information content (AvgIpc) is 2.80. The molecule has 0 spiro atoms. The smallest absolute Gasteiger partial charge is 0.398 e. The fourth-order valence-electron chi connectivity index (χ4n) is 1.75. The van der Waals surface area contributed by atoms with Gasteiger partial charge in [-0.2, -0.15) is 13.2 Å². The molecular formula is C13H12F3N3OS. The minimum absolute atomic E-state index is 0.146. The Hall–Kier alpha value is -2.09. The fourth-order valence-corrected chi connectivity index (χ4v) is 2.46. The van der Waals surface area contributed by atoms with Crippen molar-refractivity contribution in [3.8, 4) is 0 Å². The molecule has 1 heterocycles. The lowest BCUT2D eigenvalue weighted by Gasteiger charge is -2.13. The van der Waals surface area contributed by atoms with Crippen LogP contribution >= 0.6 is 11.3 Å². The summed E-state index contributed by atoms with van der Waals surface area (Å²) < 4.78 is 38.2. The molecule has 0 aliphatic heterocycles. The number of halogens is 3. The zero-order chi connectivity index (χ0) is 15.6. The first-order valence-electron chi connectivity index (χ1n) is 5.94. The summed E-state index contributed by atoms with van der Waals surface area (Å²) >= 11 is 1.36. The number of anilines is 1. The predicted octanol–water partition coefficient (Wildman–Crippen LogP) is 2.98. The number of amides is 1. The Morgan fingerprint density at radius 2 is 2.14 bits per heavy atom. The van der Waals surface area contributed by atoms with Crippen molar-refractivity contribution in [3.05, 3.63) is 45.4 Å². The van der Waals surface area contributed by atoms with Crippen LogP contribution < -0.4 is 11.1 Å². The summed E-state index contributed by atoms with van der Waals surface area (Å²) in [6.07, 6.45) is -4.59. The number of hydrogen-bond acceptors (Lipinski definition) is 4. The SMILES string of the molecule is Cc1csc(CNC(=O)c2cccc(C(F)(F)F)c2N)n1. The number of benzene rings is 1. The second-order valence-corrected chi connectivity index (χ2v) is 5.27. The van der Waals surface area contributed by atoms with Crippen molar-refractivity contribution in [2.45, 2.75) is 19.6 Å². The van der Waals surface area contributed by atoms with Crippen LogP contribution in [0.2, 0.25) is 0 Å². The van der Waals surface area contributed by atoms with E-state index in [4.69, 9.17) is 5.73 Å². The first-order chi connectivity index (χ1) is 9.79. The van der Waals surface area contributed by atoms with E-state index in [1.807, 2.05) is 12.3 Å². The molecule has 1 aromatic carbocycles. The molecule has 4 nitrogen and oxygen atoms in total. The molecule has 0 saturated heterocycles. The van der Waals surface area contributed by atoms with Crippen molar-refractivity contribution in [3.63, 3.8) is 0 Å². The van der Waals surface area contributed by atoms with Crippen molar-refractivity contribution in [2.75, 3.05) is 5.73 Å². The van der Waals surface area contributed by atoms with Crippen molar-refractivity contribution in [1.82, 2.24) is 10.3 Å². The van der Waals surface area contributed by atoms with E-state index in [9.17, 15) is 18.0 Å². The van der Waals surface area contributed by atoms with Crippen LogP contribution in [0.25, 0.3) is 0 Å². The van der Waals surface area contributed by atoms with E-state index in [1.165, 1.54) is 17.4 Å². The number of para-hydroxylation sites is 1. The molecule has 0 atom stereocenters. The summed E-state index contributed by atoms with van der Waals surface area (Å²) in [5, 5.41) is 5.00. The third-order valence-corrected chi connectivity index (χ3v) is 3.69. The van der Waals surface area contributed by atoms with E-state index < -0.39 is 23.3 Å². The van der Waals surface area contributed by atoms with Crippen molar-refractivity contribution >= 4 is 22.9 Å². The van der Waals surface area contributed by atoms with E-state index in [2.05, 4.69) is 10.3 Å². The molecule has 0 aliphatic carbocycles. The van der Waals surface area contributed by atoms with Gasteiger partial charge in [0, 0.05) is 11.1 Å². The highest BCUT2D eigenvalue weighted by molar-refractivity contribution is 7.09. The third-order valence-electron chi connectivity index (χ3n) is 2.72. The van der Waals surface area contributed by atoms with E-state index in [1.54, 1.807) is 0 Å². The van der Waals surface area contributed by atoms with E-state index in [0.717, 1.165) is 17.8 Å². The van der Waals surface area contributed by atoms with E-state index in [-0.39, 0.29) is 12.1 Å². The monoisotopic (exact) mass is 315 g/mol. The molecule has 2 rings (SSSR count). The Balaban J connectivity index is 2.16. The normalized spacial score (nSPS) is 11.4. The Morgan fingerprint density at radius 1 is 1.43 bits per heavy atom. The molecule has 0 radical (unpaired) electrons. The Bertz CT molecular complexity index is 667. The van der Waals surface area contributed by atoms with Gasteiger partial charge >= 0.3 is 6.18 Å². The van der Waals surface area contributed by atoms with Gasteiger partial charge in [0.05, 0.1) is 23.4 Å². The molecular weight excluding hydrogens is 303 g/mol. The van der Waals surface area contributed by atoms with Crippen molar-refractivity contribution in [1.29, 1.82) is 0 Å². The highest BCUT2D eigenvalue weighted by Gasteiger charge is 2.34. The average molecular weight is 315 g/mol. The van der Waals surface area contributed by atoms with Crippen molar-refractivity contribution in [2.24, 2.45) is 0 Å². The van der Waals surface area contributed by atoms with E-state index in [0.29, 0.717) is 5.01 Å². The van der Waals surface area contributed by atoms with Gasteiger partial charge in [-0.05, 0) is 19.1 Å². The van der Waals surface area contributed by atoms with Gasteiger partial charge in [0.1, 0.15) is 5.01 Å². The van der Waals surface area contributed by atoms with Crippen LogP contribution in [0.15, 0.2) is 23.6 Å². The summed E-state index contributed by atoms with van der Waals surface area (Å²) in [5.74, 6) is -0.661. The highest BCUT2D eigenvalue weighted by atomic mass is 32.1. The van der Waals surface area contributed by atoms with Crippen molar-refractivity contribution < 1.29 is 18.0 Å². The number of aryl methyl sites for hydroxylation is 1. The molecule has 1 amide bonds. The number of carbonyl (C=O) groups is 1. The van der Waals surface area contributed by atoms with Gasteiger partial charge in [-0.25, -0.2) is 4.98 Å². The topological polar surface area (TPSA) is 68.0 Å². The number of nitrogen functional groups attached to an aromatic ring is 1. The Morgan fingerprint density at radius 3 is 2.71 bits per heavy atom. The number of aromatic nitrogens is 1. The lowest BCUT2D eigenvalue weighted by Crippen LogP contribution is -2.25. The molecule has 8 heteroatoms. The zero-order valence-corrected chi connectivity index (χ0v) is 11.8. The summed E-state index contributed by atoms with van der Waals surface area (Å²) in [6, 6.07) is 3.25. The second-order valence-electron chi connectivity index (χ2n) is 4.33. The minimum atomic E-state index is -4.59. The van der Waals surface area contributed by atoms with Gasteiger partial charge in [-0.3, -0.25) is 4.79 Å². The number of hydrogen-bond donors (Lipinski definition) is 2. The first-order valence-corrected chi connectivity index (χ1v) is 6.82. The molecule has 112 valence electrons. The molecule has 21 heavy (non-hydrogen) atoms. The fraction of sp³-hybridized carbons (Fsp3) is 0.231. The minimum Gasteiger partial charge on any atom is -0.398 e. The van der Waals surface area contributed by atoms with Crippen LogP contribution in [0.3, 0.4) is 0 Å². The molecule has 0 fully saturated rings. The summed E-state index contributed by atoms with van der Waals surface area (Å²) in [6.45, 7) is 1.96. The van der Waals surface area contributed by atoms with Crippen LogP contribution in [0, 0.1) is 6.92 Å². The van der Waals surface area contributed by atoms with Crippen LogP contribution in [0.4, 0.5) is 18.9 Å². The lowest BCUT2D eigenvalue weighted by molar-refractivity contribution is -0.136. The van der Waals surface area contributed by atoms with Crippen LogP contribution in [-0.2, 0) is 12.7 Å². The zero-order valence-electron chi connectivity index (χ0n) is 11.0. The number of nitrogens with one attached hydrogen (secondary N) is 1. The summed E-state index contributed by atoms with van der Waals surface area (Å²) in [4.78, 5) is 16.1. The standard InChI is InChI=1S/C13H12F3N3OS/c1-7-6-21-10(19-7)5-18-12(20)8-3-2-4-9(11(8)17)13(14,15)16/h2-4,6H,5,17H2,1H3,(H,18,20). The van der Waals surface area contributed by atoms with Gasteiger partial charge in [-0.15, -0.1) is 11.3 Å². The third kappa shape index (κ3) is 3.52. The summed E-state index contributed by atoms with van der Waals surface area (Å²) in [5.41, 5.74) is 4.49. The first kappa shape index (κ1) is 15.3. The van der Waals surface area contributed by atoms with Gasteiger partial charge in [0.2, 0.25) is 0 Å². The maximum Gasteiger partial charge on any atom is 0.418 e. The lowest BCUT2D eigenvalue weighted by atomic mass is 10.1. The number of rotatable bonds is 3. The quantitative estimate of drug-likeness (QED) is 0.856. The maximum absolute atomic E-state index is 12.7. The van der Waals surface area contributed by atoms with Gasteiger partial charge in [-0.1, -0.05) is 6.07 Å². The molecule has 0 unspecified atom stereocenters. The molecule has 0 aliphatic rings. The molecule has 0 bridgehead atoms. The van der Waals surface area contributed by atoms with Crippen LogP contribution in [-0.4, -0.2) is 10.9 Å². The summed E-state index contributed by atoms with van der Waals surface area (Å²) in [7, 11) is 0. The van der Waals surface area contributed by atoms with E-state index >= 15 is 0 Å². The van der Waals surface area contributed by atoms with Gasteiger partial charge in [0.25, 0.3) is 5.91 Å². The van der Waals surface area contributed by atoms with Crippen LogP contribution in [0.5, 0.6) is 0 Å². The molecule has 2 aromatic rings. The Labute approximate surface area is 122 Å². The largest absolute Gasteiger partial charge is 0.418 e. The highest BCUT2D eigenvalue weighted by Crippen LogP contribution is 2.34. The number of alkyl halides is 3. The molecule has 1 aromatic heterocycles. The van der Waals surface area contributed by atoms with Gasteiger partial charge < -0.3 is 11.1 Å². The van der Waals surface area contributed by atoms with Crippen LogP contribution in [0.1, 0.15) is 26.6 Å². The number of thiazole rings is 1. The van der Waals surface area contributed by atoms with Gasteiger partial charge in [0.15, 0.2) is 0 Å². The molecule has 0 saturated carbocycles. The Kier molecular flexibility index (Phi) is 4.17. The number of carbonyl (C=O) groups excluding carboxylic acids is 1. The number of nitrogens with two attached hydrogens (primary N) is 1. The predicted molar refractivity (Wildman–Crippen MR) is 73.9 cm³/mol.